The minimum atomic E-state index is -4.22. The lowest BCUT2D eigenvalue weighted by Crippen LogP contribution is -2.34. The highest BCUT2D eigenvalue weighted by Gasteiger charge is 2.43. The van der Waals surface area contributed by atoms with Gasteiger partial charge < -0.3 is 10.4 Å². The first-order valence-electron chi connectivity index (χ1n) is 7.47. The van der Waals surface area contributed by atoms with Gasteiger partial charge in [0.05, 0.1) is 5.92 Å². The Hall–Kier alpha value is -1.56. The summed E-state index contributed by atoms with van der Waals surface area (Å²) in [6.45, 7) is 0.0482. The average Bonchev–Trinajstić information content (AvgIpc) is 2.49. The van der Waals surface area contributed by atoms with Gasteiger partial charge in [-0.05, 0) is 43.4 Å². The molecule has 0 bridgehead atoms. The molecule has 0 unspecified atom stereocenters. The van der Waals surface area contributed by atoms with Gasteiger partial charge in [0.15, 0.2) is 0 Å². The molecule has 1 aromatic rings. The van der Waals surface area contributed by atoms with Gasteiger partial charge >= 0.3 is 6.18 Å². The largest absolute Gasteiger partial charge is 0.396 e. The lowest BCUT2D eigenvalue weighted by Gasteiger charge is -2.29. The van der Waals surface area contributed by atoms with Crippen molar-refractivity contribution in [2.75, 3.05) is 11.9 Å². The molecule has 22 heavy (non-hydrogen) atoms. The normalized spacial score (nSPS) is 22.4. The maximum atomic E-state index is 12.8. The van der Waals surface area contributed by atoms with E-state index in [1.165, 1.54) is 0 Å². The number of rotatable bonds is 4. The summed E-state index contributed by atoms with van der Waals surface area (Å²) in [5, 5.41) is 11.5. The second-order valence-electron chi connectivity index (χ2n) is 5.76. The number of aliphatic hydroxyl groups is 1. The average molecular weight is 315 g/mol. The number of hydrogen-bond acceptors (Lipinski definition) is 2. The molecular weight excluding hydrogens is 295 g/mol. The highest BCUT2D eigenvalue weighted by Crippen LogP contribution is 2.40. The van der Waals surface area contributed by atoms with E-state index in [2.05, 4.69) is 5.32 Å². The molecule has 1 aliphatic carbocycles. The Bertz CT molecular complexity index is 499. The van der Waals surface area contributed by atoms with Gasteiger partial charge in [0, 0.05) is 18.2 Å². The Morgan fingerprint density at radius 1 is 1.23 bits per heavy atom. The van der Waals surface area contributed by atoms with Crippen LogP contribution in [0.1, 0.15) is 31.2 Å². The smallest absolute Gasteiger partial charge is 0.391 e. The molecule has 1 saturated carbocycles. The predicted octanol–water partition coefficient (Wildman–Crippen LogP) is 3.53. The van der Waals surface area contributed by atoms with E-state index in [9.17, 15) is 18.0 Å². The molecular formula is C16H20F3NO2. The fourth-order valence-corrected chi connectivity index (χ4v) is 2.85. The van der Waals surface area contributed by atoms with Crippen LogP contribution in [-0.4, -0.2) is 23.8 Å². The van der Waals surface area contributed by atoms with E-state index in [4.69, 9.17) is 5.11 Å². The molecule has 0 radical (unpaired) electrons. The molecule has 3 nitrogen and oxygen atoms in total. The maximum absolute atomic E-state index is 12.8. The van der Waals surface area contributed by atoms with Crippen molar-refractivity contribution < 1.29 is 23.1 Å². The van der Waals surface area contributed by atoms with Crippen LogP contribution in [0.3, 0.4) is 0 Å². The molecule has 1 amide bonds. The Kier molecular flexibility index (Phi) is 5.45. The number of carbonyl (C=O) groups is 1. The van der Waals surface area contributed by atoms with Crippen LogP contribution in [-0.2, 0) is 11.2 Å². The monoisotopic (exact) mass is 315 g/mol. The van der Waals surface area contributed by atoms with Crippen LogP contribution >= 0.6 is 0 Å². The summed E-state index contributed by atoms with van der Waals surface area (Å²) in [6, 6.07) is 6.97. The lowest BCUT2D eigenvalue weighted by molar-refractivity contribution is -0.185. The summed E-state index contributed by atoms with van der Waals surface area (Å²) in [7, 11) is 0. The van der Waals surface area contributed by atoms with Gasteiger partial charge in [0.2, 0.25) is 5.91 Å². The molecule has 0 heterocycles. The molecule has 122 valence electrons. The minimum absolute atomic E-state index is 0.0482. The zero-order valence-electron chi connectivity index (χ0n) is 12.2. The summed E-state index contributed by atoms with van der Waals surface area (Å²) in [6.07, 6.45) is -2.77. The topological polar surface area (TPSA) is 49.3 Å². The molecule has 0 aromatic heterocycles. The number of halogens is 3. The van der Waals surface area contributed by atoms with E-state index in [-0.39, 0.29) is 25.4 Å². The van der Waals surface area contributed by atoms with Crippen LogP contribution in [0.15, 0.2) is 24.3 Å². The first-order chi connectivity index (χ1) is 10.4. The first kappa shape index (κ1) is 16.8. The van der Waals surface area contributed by atoms with Gasteiger partial charge in [0.25, 0.3) is 0 Å². The standard InChI is InChI=1S/C16H20F3NO2/c17-16(18,19)13-3-1-2-12(10-13)15(22)20-14-6-4-11(5-7-14)8-9-21/h4-7,12-13,21H,1-3,8-10H2,(H,20,22)/t12-,13+/m1/s1. The van der Waals surface area contributed by atoms with Crippen molar-refractivity contribution in [2.45, 2.75) is 38.3 Å². The predicted molar refractivity (Wildman–Crippen MR) is 77.4 cm³/mol. The zero-order chi connectivity index (χ0) is 16.2. The fraction of sp³-hybridized carbons (Fsp3) is 0.562. The van der Waals surface area contributed by atoms with Crippen molar-refractivity contribution in [2.24, 2.45) is 11.8 Å². The minimum Gasteiger partial charge on any atom is -0.396 e. The van der Waals surface area contributed by atoms with Crippen molar-refractivity contribution >= 4 is 11.6 Å². The van der Waals surface area contributed by atoms with Crippen LogP contribution in [0.5, 0.6) is 0 Å². The van der Waals surface area contributed by atoms with Crippen molar-refractivity contribution in [3.63, 3.8) is 0 Å². The van der Waals surface area contributed by atoms with E-state index in [1.807, 2.05) is 0 Å². The lowest BCUT2D eigenvalue weighted by atomic mass is 9.80. The number of aliphatic hydroxyl groups excluding tert-OH is 1. The van der Waals surface area contributed by atoms with Crippen molar-refractivity contribution in [3.05, 3.63) is 29.8 Å². The van der Waals surface area contributed by atoms with Gasteiger partial charge in [-0.3, -0.25) is 4.79 Å². The van der Waals surface area contributed by atoms with E-state index in [0.717, 1.165) is 5.56 Å². The molecule has 1 aromatic carbocycles. The fourth-order valence-electron chi connectivity index (χ4n) is 2.85. The second kappa shape index (κ2) is 7.13. The molecule has 6 heteroatoms. The van der Waals surface area contributed by atoms with Crippen LogP contribution in [0.25, 0.3) is 0 Å². The third-order valence-corrected chi connectivity index (χ3v) is 4.13. The molecule has 2 rings (SSSR count). The SMILES string of the molecule is O=C(Nc1ccc(CCO)cc1)[C@@H]1CCC[C@H](C(F)(F)F)C1. The van der Waals surface area contributed by atoms with E-state index in [1.54, 1.807) is 24.3 Å². The third kappa shape index (κ3) is 4.47. The quantitative estimate of drug-likeness (QED) is 0.893. The molecule has 1 fully saturated rings. The van der Waals surface area contributed by atoms with Crippen molar-refractivity contribution in [1.82, 2.24) is 0 Å². The first-order valence-corrected chi connectivity index (χ1v) is 7.47. The molecule has 1 aliphatic rings. The molecule has 0 saturated heterocycles. The highest BCUT2D eigenvalue weighted by atomic mass is 19.4. The Labute approximate surface area is 127 Å². The van der Waals surface area contributed by atoms with Gasteiger partial charge in [-0.1, -0.05) is 18.6 Å². The number of hydrogen-bond donors (Lipinski definition) is 2. The van der Waals surface area contributed by atoms with E-state index < -0.39 is 18.0 Å². The summed E-state index contributed by atoms with van der Waals surface area (Å²) in [4.78, 5) is 12.1. The van der Waals surface area contributed by atoms with Gasteiger partial charge in [-0.15, -0.1) is 0 Å². The number of amides is 1. The summed E-state index contributed by atoms with van der Waals surface area (Å²) < 4.78 is 38.3. The third-order valence-electron chi connectivity index (χ3n) is 4.13. The van der Waals surface area contributed by atoms with Gasteiger partial charge in [-0.25, -0.2) is 0 Å². The number of carbonyl (C=O) groups excluding carboxylic acids is 1. The van der Waals surface area contributed by atoms with E-state index >= 15 is 0 Å². The van der Waals surface area contributed by atoms with Crippen LogP contribution < -0.4 is 5.32 Å². The number of alkyl halides is 3. The highest BCUT2D eigenvalue weighted by molar-refractivity contribution is 5.92. The summed E-state index contributed by atoms with van der Waals surface area (Å²) in [5.74, 6) is -2.30. The summed E-state index contributed by atoms with van der Waals surface area (Å²) in [5.41, 5.74) is 1.51. The van der Waals surface area contributed by atoms with E-state index in [0.29, 0.717) is 24.9 Å². The maximum Gasteiger partial charge on any atom is 0.391 e. The molecule has 0 spiro atoms. The second-order valence-corrected chi connectivity index (χ2v) is 5.76. The van der Waals surface area contributed by atoms with Crippen LogP contribution in [0.2, 0.25) is 0 Å². The Morgan fingerprint density at radius 3 is 2.50 bits per heavy atom. The molecule has 0 aliphatic heterocycles. The summed E-state index contributed by atoms with van der Waals surface area (Å²) >= 11 is 0. The van der Waals surface area contributed by atoms with Crippen molar-refractivity contribution in [3.8, 4) is 0 Å². The van der Waals surface area contributed by atoms with Gasteiger partial charge in [0.1, 0.15) is 0 Å². The van der Waals surface area contributed by atoms with Crippen LogP contribution in [0, 0.1) is 11.8 Å². The van der Waals surface area contributed by atoms with Crippen molar-refractivity contribution in [1.29, 1.82) is 0 Å². The molecule has 2 N–H and O–H groups in total. The molecule has 2 atom stereocenters. The Balaban J connectivity index is 1.93. The van der Waals surface area contributed by atoms with Crippen LogP contribution in [0.4, 0.5) is 18.9 Å². The zero-order valence-corrected chi connectivity index (χ0v) is 12.2. The number of benzene rings is 1. The Morgan fingerprint density at radius 2 is 1.91 bits per heavy atom. The van der Waals surface area contributed by atoms with Gasteiger partial charge in [-0.2, -0.15) is 13.2 Å². The number of anilines is 1. The number of nitrogens with one attached hydrogen (secondary N) is 1.